The summed E-state index contributed by atoms with van der Waals surface area (Å²) in [5.41, 5.74) is -3.41. The smallest absolute Gasteiger partial charge is 0.230 e. The minimum Gasteiger partial charge on any atom is -0.381 e. The van der Waals surface area contributed by atoms with E-state index in [2.05, 4.69) is 45.2 Å². The number of nitrogens with one attached hydrogen (secondary N) is 1. The third-order valence-electron chi connectivity index (χ3n) is 14.1. The molecular formula is C38H45N3O4. The van der Waals surface area contributed by atoms with E-state index >= 15 is 0 Å². The number of carbonyl (C=O) groups is 3. The molecule has 0 bridgehead atoms. The molecule has 1 aromatic rings. The van der Waals surface area contributed by atoms with E-state index in [0.29, 0.717) is 30.5 Å². The first-order valence-corrected chi connectivity index (χ1v) is 16.4. The molecule has 8 atom stereocenters. The van der Waals surface area contributed by atoms with Crippen LogP contribution in [0.15, 0.2) is 47.6 Å². The highest BCUT2D eigenvalue weighted by molar-refractivity contribution is 6.05. The van der Waals surface area contributed by atoms with E-state index in [-0.39, 0.29) is 34.4 Å². The van der Waals surface area contributed by atoms with Gasteiger partial charge in [0, 0.05) is 33.3 Å². The number of ketones is 2. The van der Waals surface area contributed by atoms with Gasteiger partial charge in [-0.15, -0.1) is 0 Å². The third-order valence-corrected chi connectivity index (χ3v) is 14.1. The number of nitrogens with zero attached hydrogens (tertiary/aromatic N) is 2. The predicted octanol–water partition coefficient (Wildman–Crippen LogP) is 6.83. The average molecular weight is 608 g/mol. The van der Waals surface area contributed by atoms with Gasteiger partial charge in [-0.1, -0.05) is 54.5 Å². The van der Waals surface area contributed by atoms with Gasteiger partial charge in [0.2, 0.25) is 5.91 Å². The molecule has 7 nitrogen and oxygen atoms in total. The van der Waals surface area contributed by atoms with Crippen LogP contribution in [0.5, 0.6) is 0 Å². The SMILES string of the molecule is CC1(C)C(=O)C(C#N)=C[C@]2(C)C3=CC(=O)[C@]4(O)[C@@H]5C[C@@](C)(C(=O)Nc6ccc(C#N)cc6)CC[C@]5(C)CC[C@@]4(C)[C@]3(C)CC[C@@H]12. The van der Waals surface area contributed by atoms with Crippen molar-refractivity contribution >= 4 is 23.2 Å². The summed E-state index contributed by atoms with van der Waals surface area (Å²) in [5, 5.41) is 35.2. The molecule has 3 fully saturated rings. The first-order valence-electron chi connectivity index (χ1n) is 16.4. The number of allylic oxidation sites excluding steroid dienone is 3. The highest BCUT2D eigenvalue weighted by atomic mass is 16.3. The molecule has 0 spiro atoms. The molecule has 0 unspecified atom stereocenters. The maximum absolute atomic E-state index is 14.7. The van der Waals surface area contributed by atoms with Crippen LogP contribution < -0.4 is 5.32 Å². The number of hydrogen-bond donors (Lipinski definition) is 2. The Kier molecular flexibility index (Phi) is 6.63. The summed E-state index contributed by atoms with van der Waals surface area (Å²) in [6.45, 7) is 14.3. The molecule has 0 aliphatic heterocycles. The molecule has 0 aromatic heterocycles. The topological polar surface area (TPSA) is 131 Å². The van der Waals surface area contributed by atoms with Crippen LogP contribution in [0, 0.1) is 67.0 Å². The Balaban J connectivity index is 1.43. The number of anilines is 1. The molecule has 5 aliphatic rings. The zero-order chi connectivity index (χ0) is 33.0. The Morgan fingerprint density at radius 1 is 0.889 bits per heavy atom. The van der Waals surface area contributed by atoms with Gasteiger partial charge in [-0.25, -0.2) is 0 Å². The largest absolute Gasteiger partial charge is 0.381 e. The van der Waals surface area contributed by atoms with E-state index in [4.69, 9.17) is 5.26 Å². The monoisotopic (exact) mass is 607 g/mol. The second kappa shape index (κ2) is 9.49. The fourth-order valence-electron chi connectivity index (χ4n) is 10.9. The summed E-state index contributed by atoms with van der Waals surface area (Å²) in [5.74, 6) is -1.11. The number of nitriles is 2. The van der Waals surface area contributed by atoms with Crippen molar-refractivity contribution in [2.45, 2.75) is 99.0 Å². The predicted molar refractivity (Wildman–Crippen MR) is 170 cm³/mol. The number of benzene rings is 1. The fourth-order valence-corrected chi connectivity index (χ4v) is 10.9. The van der Waals surface area contributed by atoms with Crippen LogP contribution in [0.4, 0.5) is 5.69 Å². The maximum atomic E-state index is 14.7. The summed E-state index contributed by atoms with van der Waals surface area (Å²) in [6.07, 6.45) is 8.20. The lowest BCUT2D eigenvalue weighted by Gasteiger charge is -2.71. The van der Waals surface area contributed by atoms with Crippen LogP contribution in [0.25, 0.3) is 0 Å². The first kappa shape index (κ1) is 31.4. The van der Waals surface area contributed by atoms with E-state index < -0.39 is 38.6 Å². The molecule has 7 heteroatoms. The Hall–Kier alpha value is -3.55. The zero-order valence-electron chi connectivity index (χ0n) is 27.6. The average Bonchev–Trinajstić information content (AvgIpc) is 2.99. The normalized spacial score (nSPS) is 43.2. The van der Waals surface area contributed by atoms with Gasteiger partial charge in [-0.3, -0.25) is 14.4 Å². The van der Waals surface area contributed by atoms with E-state index in [1.807, 2.05) is 26.8 Å². The van der Waals surface area contributed by atoms with Crippen molar-refractivity contribution in [3.05, 3.63) is 53.1 Å². The van der Waals surface area contributed by atoms with Gasteiger partial charge in [0.25, 0.3) is 0 Å². The van der Waals surface area contributed by atoms with Crippen molar-refractivity contribution in [2.24, 2.45) is 44.3 Å². The number of fused-ring (bicyclic) bond motifs is 7. The van der Waals surface area contributed by atoms with Crippen molar-refractivity contribution in [1.29, 1.82) is 10.5 Å². The minimum atomic E-state index is -1.68. The molecule has 0 heterocycles. The maximum Gasteiger partial charge on any atom is 0.230 e. The molecule has 2 N–H and O–H groups in total. The van der Waals surface area contributed by atoms with Crippen molar-refractivity contribution < 1.29 is 19.5 Å². The van der Waals surface area contributed by atoms with Crippen LogP contribution in [-0.4, -0.2) is 28.2 Å². The van der Waals surface area contributed by atoms with Crippen LogP contribution in [0.2, 0.25) is 0 Å². The van der Waals surface area contributed by atoms with Crippen molar-refractivity contribution in [2.75, 3.05) is 5.32 Å². The summed E-state index contributed by atoms with van der Waals surface area (Å²) in [6, 6.07) is 11.0. The van der Waals surface area contributed by atoms with Gasteiger partial charge < -0.3 is 10.4 Å². The molecule has 45 heavy (non-hydrogen) atoms. The minimum absolute atomic E-state index is 0.0748. The number of hydrogen-bond acceptors (Lipinski definition) is 6. The molecule has 236 valence electrons. The number of carbonyl (C=O) groups excluding carboxylic acids is 3. The summed E-state index contributed by atoms with van der Waals surface area (Å²) < 4.78 is 0. The standard InChI is InChI=1S/C38H45N3O4/c1-32(2)26-12-13-36(6)27(35(26,5)19-24(22-40)30(32)43)18-29(42)38(45)28-20-34(4,15-14-33(28,3)16-17-37(36,38)7)31(44)41-25-10-8-23(21-39)9-11-25/h8-11,18-19,26,28,45H,12-17,20H2,1-7H3,(H,41,44)/t26-,28+,33+,34-,35-,36+,37-,38+/m0/s1. The lowest BCUT2D eigenvalue weighted by atomic mass is 9.33. The van der Waals surface area contributed by atoms with Crippen molar-refractivity contribution in [3.8, 4) is 12.1 Å². The first-order chi connectivity index (χ1) is 20.9. The van der Waals surface area contributed by atoms with Gasteiger partial charge in [-0.2, -0.15) is 10.5 Å². The second-order valence-corrected chi connectivity index (χ2v) is 16.6. The zero-order valence-corrected chi connectivity index (χ0v) is 27.6. The van der Waals surface area contributed by atoms with Crippen molar-refractivity contribution in [3.63, 3.8) is 0 Å². The van der Waals surface area contributed by atoms with Crippen LogP contribution in [0.3, 0.4) is 0 Å². The Bertz CT molecular complexity index is 1680. The number of amides is 1. The highest BCUT2D eigenvalue weighted by Gasteiger charge is 2.75. The van der Waals surface area contributed by atoms with Crippen molar-refractivity contribution in [1.82, 2.24) is 0 Å². The van der Waals surface area contributed by atoms with Gasteiger partial charge in [0.05, 0.1) is 17.2 Å². The van der Waals surface area contributed by atoms with Crippen LogP contribution in [0.1, 0.15) is 99.0 Å². The second-order valence-electron chi connectivity index (χ2n) is 16.6. The third kappa shape index (κ3) is 3.86. The molecule has 6 rings (SSSR count). The van der Waals surface area contributed by atoms with E-state index in [1.54, 1.807) is 30.3 Å². The van der Waals surface area contributed by atoms with E-state index in [0.717, 1.165) is 31.3 Å². The van der Waals surface area contributed by atoms with Crippen LogP contribution in [-0.2, 0) is 14.4 Å². The molecular weight excluding hydrogens is 562 g/mol. The molecule has 5 aliphatic carbocycles. The van der Waals surface area contributed by atoms with Crippen LogP contribution >= 0.6 is 0 Å². The fraction of sp³-hybridized carbons (Fsp3) is 0.605. The Labute approximate surface area is 266 Å². The van der Waals surface area contributed by atoms with Gasteiger partial charge >= 0.3 is 0 Å². The number of rotatable bonds is 2. The quantitative estimate of drug-likeness (QED) is 0.379. The van der Waals surface area contributed by atoms with Gasteiger partial charge in [0.15, 0.2) is 11.6 Å². The summed E-state index contributed by atoms with van der Waals surface area (Å²) in [4.78, 5) is 41.9. The Morgan fingerprint density at radius 2 is 1.53 bits per heavy atom. The van der Waals surface area contributed by atoms with Gasteiger partial charge in [-0.05, 0) is 97.6 Å². The van der Waals surface area contributed by atoms with E-state index in [9.17, 15) is 24.8 Å². The lowest BCUT2D eigenvalue weighted by Crippen LogP contribution is -2.74. The molecule has 0 radical (unpaired) electrons. The lowest BCUT2D eigenvalue weighted by molar-refractivity contribution is -0.242. The molecule has 1 amide bonds. The van der Waals surface area contributed by atoms with Gasteiger partial charge in [0.1, 0.15) is 11.7 Å². The highest BCUT2D eigenvalue weighted by Crippen LogP contribution is 2.75. The van der Waals surface area contributed by atoms with E-state index in [1.165, 1.54) is 0 Å². The molecule has 3 saturated carbocycles. The summed E-state index contributed by atoms with van der Waals surface area (Å²) in [7, 11) is 0. The molecule has 0 saturated heterocycles. The number of Topliss-reactive ketones (excluding diaryl/α,β-unsaturated/α-hetero) is 1. The summed E-state index contributed by atoms with van der Waals surface area (Å²) >= 11 is 0. The molecule has 1 aromatic carbocycles. The Morgan fingerprint density at radius 3 is 2.16 bits per heavy atom. The number of aliphatic hydroxyl groups is 1.